The molecule has 2 aromatic carbocycles. The molecule has 2 heteroatoms. The van der Waals surface area contributed by atoms with Crippen molar-refractivity contribution in [2.45, 2.75) is 27.2 Å². The fraction of sp³-hybridized carbons (Fsp3) is 0.333. The molecule has 17 heavy (non-hydrogen) atoms. The second-order valence-corrected chi connectivity index (χ2v) is 5.86. The van der Waals surface area contributed by atoms with Gasteiger partial charge in [0.1, 0.15) is 0 Å². The Labute approximate surface area is 103 Å². The highest BCUT2D eigenvalue weighted by Crippen LogP contribution is 2.30. The number of benzene rings is 2. The molecule has 2 rings (SSSR count). The zero-order valence-corrected chi connectivity index (χ0v) is 10.7. The number of fused-ring (bicyclic) bond motifs is 1. The third-order valence-electron chi connectivity index (χ3n) is 2.89. The lowest BCUT2D eigenvalue weighted by Gasteiger charge is -2.20. The molecule has 0 aliphatic carbocycles. The maximum absolute atomic E-state index is 6.10. The number of nitrogens with two attached hydrogens (primary N) is 2. The fourth-order valence-corrected chi connectivity index (χ4v) is 2.14. The average molecular weight is 228 g/mol. The van der Waals surface area contributed by atoms with E-state index in [1.54, 1.807) is 0 Å². The zero-order chi connectivity index (χ0) is 12.6. The maximum Gasteiger partial charge on any atom is 0.0393 e. The van der Waals surface area contributed by atoms with Gasteiger partial charge in [0, 0.05) is 16.8 Å². The molecule has 0 heterocycles. The first-order chi connectivity index (χ1) is 7.87. The third kappa shape index (κ3) is 2.52. The van der Waals surface area contributed by atoms with Crippen molar-refractivity contribution in [3.05, 3.63) is 35.9 Å². The Bertz CT molecular complexity index is 551. The van der Waals surface area contributed by atoms with Gasteiger partial charge in [0.15, 0.2) is 0 Å². The van der Waals surface area contributed by atoms with Crippen LogP contribution < -0.4 is 11.5 Å². The van der Waals surface area contributed by atoms with Gasteiger partial charge in [-0.3, -0.25) is 0 Å². The Hall–Kier alpha value is -1.70. The zero-order valence-electron chi connectivity index (χ0n) is 10.7. The first-order valence-corrected chi connectivity index (χ1v) is 5.93. The van der Waals surface area contributed by atoms with Crippen LogP contribution >= 0.6 is 0 Å². The second-order valence-electron chi connectivity index (χ2n) is 5.86. The highest BCUT2D eigenvalue weighted by molar-refractivity contribution is 5.95. The SMILES string of the molecule is CC(C)(C)Cc1cc2c(N)cccc2cc1N. The molecule has 0 aromatic heterocycles. The molecular formula is C15H20N2. The van der Waals surface area contributed by atoms with Gasteiger partial charge < -0.3 is 11.5 Å². The van der Waals surface area contributed by atoms with Crippen LogP contribution in [0.3, 0.4) is 0 Å². The van der Waals surface area contributed by atoms with Crippen molar-refractivity contribution < 1.29 is 0 Å². The smallest absolute Gasteiger partial charge is 0.0393 e. The number of rotatable bonds is 1. The van der Waals surface area contributed by atoms with E-state index in [1.807, 2.05) is 24.3 Å². The van der Waals surface area contributed by atoms with E-state index in [-0.39, 0.29) is 5.41 Å². The first kappa shape index (κ1) is 11.8. The molecule has 4 N–H and O–H groups in total. The number of nitrogen functional groups attached to an aromatic ring is 2. The van der Waals surface area contributed by atoms with Crippen molar-refractivity contribution in [1.29, 1.82) is 0 Å². The molecule has 0 aliphatic heterocycles. The summed E-state index contributed by atoms with van der Waals surface area (Å²) >= 11 is 0. The monoisotopic (exact) mass is 228 g/mol. The topological polar surface area (TPSA) is 52.0 Å². The van der Waals surface area contributed by atoms with Gasteiger partial charge in [0.05, 0.1) is 0 Å². The summed E-state index contributed by atoms with van der Waals surface area (Å²) in [6.45, 7) is 6.64. The number of anilines is 2. The molecule has 2 aromatic rings. The summed E-state index contributed by atoms with van der Waals surface area (Å²) in [5.41, 5.74) is 15.2. The van der Waals surface area contributed by atoms with Gasteiger partial charge in [-0.15, -0.1) is 0 Å². The summed E-state index contributed by atoms with van der Waals surface area (Å²) in [7, 11) is 0. The largest absolute Gasteiger partial charge is 0.398 e. The van der Waals surface area contributed by atoms with Crippen LogP contribution in [0.2, 0.25) is 0 Å². The van der Waals surface area contributed by atoms with E-state index >= 15 is 0 Å². The first-order valence-electron chi connectivity index (χ1n) is 5.93. The summed E-state index contributed by atoms with van der Waals surface area (Å²) in [5.74, 6) is 0. The summed E-state index contributed by atoms with van der Waals surface area (Å²) in [6.07, 6.45) is 0.961. The standard InChI is InChI=1S/C15H20N2/c1-15(2,3)9-11-7-12-10(8-14(11)17)5-4-6-13(12)16/h4-8H,9,16-17H2,1-3H3. The minimum Gasteiger partial charge on any atom is -0.398 e. The van der Waals surface area contributed by atoms with E-state index in [0.717, 1.165) is 28.6 Å². The van der Waals surface area contributed by atoms with Crippen LogP contribution in [0.5, 0.6) is 0 Å². The third-order valence-corrected chi connectivity index (χ3v) is 2.89. The quantitative estimate of drug-likeness (QED) is 0.733. The summed E-state index contributed by atoms with van der Waals surface area (Å²) in [5, 5.41) is 2.21. The van der Waals surface area contributed by atoms with Gasteiger partial charge in [0.25, 0.3) is 0 Å². The van der Waals surface area contributed by atoms with Crippen molar-refractivity contribution in [1.82, 2.24) is 0 Å². The van der Waals surface area contributed by atoms with Gasteiger partial charge in [-0.2, -0.15) is 0 Å². The van der Waals surface area contributed by atoms with E-state index in [4.69, 9.17) is 11.5 Å². The minimum atomic E-state index is 0.228. The molecular weight excluding hydrogens is 208 g/mol. The predicted molar refractivity (Wildman–Crippen MR) is 75.9 cm³/mol. The molecule has 0 bridgehead atoms. The normalized spacial score (nSPS) is 11.9. The maximum atomic E-state index is 6.10. The van der Waals surface area contributed by atoms with Crippen molar-refractivity contribution in [3.63, 3.8) is 0 Å². The van der Waals surface area contributed by atoms with Crippen LogP contribution in [0, 0.1) is 5.41 Å². The molecule has 0 saturated heterocycles. The van der Waals surface area contributed by atoms with Crippen LogP contribution in [-0.4, -0.2) is 0 Å². The lowest BCUT2D eigenvalue weighted by atomic mass is 9.86. The van der Waals surface area contributed by atoms with E-state index in [9.17, 15) is 0 Å². The molecule has 0 saturated carbocycles. The Morgan fingerprint density at radius 1 is 1.00 bits per heavy atom. The van der Waals surface area contributed by atoms with Crippen molar-refractivity contribution in [2.75, 3.05) is 11.5 Å². The van der Waals surface area contributed by atoms with Crippen LogP contribution in [0.25, 0.3) is 10.8 Å². The summed E-state index contributed by atoms with van der Waals surface area (Å²) in [4.78, 5) is 0. The highest BCUT2D eigenvalue weighted by atomic mass is 14.6. The van der Waals surface area contributed by atoms with Gasteiger partial charge >= 0.3 is 0 Å². The average Bonchev–Trinajstić information content (AvgIpc) is 2.18. The molecule has 0 atom stereocenters. The molecule has 0 spiro atoms. The van der Waals surface area contributed by atoms with Crippen molar-refractivity contribution in [2.24, 2.45) is 5.41 Å². The van der Waals surface area contributed by atoms with Crippen LogP contribution in [0.1, 0.15) is 26.3 Å². The molecule has 0 aliphatic rings. The van der Waals surface area contributed by atoms with Gasteiger partial charge in [-0.1, -0.05) is 32.9 Å². The van der Waals surface area contributed by atoms with Crippen LogP contribution in [0.15, 0.2) is 30.3 Å². The van der Waals surface area contributed by atoms with Crippen molar-refractivity contribution >= 4 is 22.1 Å². The minimum absolute atomic E-state index is 0.228. The van der Waals surface area contributed by atoms with E-state index in [0.29, 0.717) is 0 Å². The predicted octanol–water partition coefficient (Wildman–Crippen LogP) is 3.59. The summed E-state index contributed by atoms with van der Waals surface area (Å²) < 4.78 is 0. The Kier molecular flexibility index (Phi) is 2.74. The van der Waals surface area contributed by atoms with Gasteiger partial charge in [0.2, 0.25) is 0 Å². The van der Waals surface area contributed by atoms with E-state index < -0.39 is 0 Å². The Morgan fingerprint density at radius 2 is 1.71 bits per heavy atom. The molecule has 0 radical (unpaired) electrons. The van der Waals surface area contributed by atoms with Crippen LogP contribution in [-0.2, 0) is 6.42 Å². The van der Waals surface area contributed by atoms with E-state index in [1.165, 1.54) is 5.56 Å². The van der Waals surface area contributed by atoms with Gasteiger partial charge in [-0.25, -0.2) is 0 Å². The number of hydrogen-bond acceptors (Lipinski definition) is 2. The highest BCUT2D eigenvalue weighted by Gasteiger charge is 2.14. The molecule has 0 amide bonds. The molecule has 0 fully saturated rings. The molecule has 0 unspecified atom stereocenters. The molecule has 90 valence electrons. The Morgan fingerprint density at radius 3 is 2.35 bits per heavy atom. The van der Waals surface area contributed by atoms with Crippen LogP contribution in [0.4, 0.5) is 11.4 Å². The fourth-order valence-electron chi connectivity index (χ4n) is 2.14. The lowest BCUT2D eigenvalue weighted by molar-refractivity contribution is 0.412. The Balaban J connectivity index is 2.58. The van der Waals surface area contributed by atoms with Crippen molar-refractivity contribution in [3.8, 4) is 0 Å². The second kappa shape index (κ2) is 3.95. The molecule has 2 nitrogen and oxygen atoms in total. The lowest BCUT2D eigenvalue weighted by Crippen LogP contribution is -2.11. The van der Waals surface area contributed by atoms with E-state index in [2.05, 4.69) is 26.8 Å². The number of hydrogen-bond donors (Lipinski definition) is 2. The van der Waals surface area contributed by atoms with Gasteiger partial charge in [-0.05, 0) is 41.0 Å². The summed E-state index contributed by atoms with van der Waals surface area (Å²) in [6, 6.07) is 10.1.